The predicted octanol–water partition coefficient (Wildman–Crippen LogP) is 0.0951. The second-order valence-corrected chi connectivity index (χ2v) is 3.93. The largest absolute Gasteiger partial charge is 0.300 e. The van der Waals surface area contributed by atoms with E-state index < -0.39 is 0 Å². The van der Waals surface area contributed by atoms with Gasteiger partial charge in [-0.05, 0) is 26.8 Å². The monoisotopic (exact) mass is 185 g/mol. The number of nitrogens with two attached hydrogens (primary N) is 1. The predicted molar refractivity (Wildman–Crippen MR) is 51.7 cm³/mol. The molecule has 76 valence electrons. The summed E-state index contributed by atoms with van der Waals surface area (Å²) in [4.78, 5) is 13.5. The Kier molecular flexibility index (Phi) is 3.27. The molecule has 0 aliphatic heterocycles. The van der Waals surface area contributed by atoms with E-state index in [0.29, 0.717) is 6.04 Å². The molecule has 0 bridgehead atoms. The van der Waals surface area contributed by atoms with Crippen LogP contribution in [0, 0.1) is 5.92 Å². The van der Waals surface area contributed by atoms with Crippen molar-refractivity contribution >= 4 is 5.91 Å². The first-order chi connectivity index (χ1) is 6.07. The van der Waals surface area contributed by atoms with Gasteiger partial charge in [0, 0.05) is 12.1 Å². The van der Waals surface area contributed by atoms with Crippen molar-refractivity contribution in [2.75, 3.05) is 7.05 Å². The molecule has 1 aliphatic rings. The third-order valence-corrected chi connectivity index (χ3v) is 3.04. The average molecular weight is 185 g/mol. The average Bonchev–Trinajstić information content (AvgIpc) is 2.96. The standard InChI is InChI=1S/C9H19N3O/c1-6(9(13)11-10)7(2)12(3)8-4-5-8/h6-8H,4-5,10H2,1-3H3,(H,11,13). The van der Waals surface area contributed by atoms with Gasteiger partial charge in [0.1, 0.15) is 0 Å². The lowest BCUT2D eigenvalue weighted by Crippen LogP contribution is -2.45. The Bertz CT molecular complexity index is 191. The Morgan fingerprint density at radius 1 is 1.54 bits per heavy atom. The lowest BCUT2D eigenvalue weighted by Gasteiger charge is -2.28. The third-order valence-electron chi connectivity index (χ3n) is 3.04. The SMILES string of the molecule is CC(C(=O)NN)C(C)N(C)C1CC1. The number of hydrazine groups is 1. The summed E-state index contributed by atoms with van der Waals surface area (Å²) < 4.78 is 0. The lowest BCUT2D eigenvalue weighted by atomic mass is 10.0. The second-order valence-electron chi connectivity index (χ2n) is 3.93. The Morgan fingerprint density at radius 2 is 2.08 bits per heavy atom. The van der Waals surface area contributed by atoms with E-state index in [1.54, 1.807) is 0 Å². The zero-order valence-corrected chi connectivity index (χ0v) is 8.58. The minimum Gasteiger partial charge on any atom is -0.300 e. The van der Waals surface area contributed by atoms with Crippen LogP contribution < -0.4 is 11.3 Å². The maximum atomic E-state index is 11.2. The van der Waals surface area contributed by atoms with Gasteiger partial charge < -0.3 is 0 Å². The van der Waals surface area contributed by atoms with Crippen LogP contribution in [0.25, 0.3) is 0 Å². The van der Waals surface area contributed by atoms with Gasteiger partial charge in [0.05, 0.1) is 5.92 Å². The first-order valence-electron chi connectivity index (χ1n) is 4.80. The topological polar surface area (TPSA) is 58.4 Å². The molecule has 2 atom stereocenters. The number of hydrogen-bond acceptors (Lipinski definition) is 3. The van der Waals surface area contributed by atoms with Crippen LogP contribution in [0.5, 0.6) is 0 Å². The molecule has 3 N–H and O–H groups in total. The molecule has 13 heavy (non-hydrogen) atoms. The van der Waals surface area contributed by atoms with Crippen LogP contribution in [0.1, 0.15) is 26.7 Å². The summed E-state index contributed by atoms with van der Waals surface area (Å²) in [6.45, 7) is 3.98. The van der Waals surface area contributed by atoms with Crippen LogP contribution in [0.3, 0.4) is 0 Å². The molecule has 0 aromatic carbocycles. The molecule has 1 fully saturated rings. The molecule has 2 unspecified atom stereocenters. The van der Waals surface area contributed by atoms with Crippen molar-refractivity contribution in [3.05, 3.63) is 0 Å². The summed E-state index contributed by atoms with van der Waals surface area (Å²) in [5.74, 6) is 4.96. The number of rotatable bonds is 4. The molecular weight excluding hydrogens is 166 g/mol. The van der Waals surface area contributed by atoms with E-state index >= 15 is 0 Å². The fourth-order valence-electron chi connectivity index (χ4n) is 1.52. The van der Waals surface area contributed by atoms with E-state index in [0.717, 1.165) is 0 Å². The highest BCUT2D eigenvalue weighted by Crippen LogP contribution is 2.28. The van der Waals surface area contributed by atoms with Crippen LogP contribution in [-0.2, 0) is 4.79 Å². The van der Waals surface area contributed by atoms with Crippen molar-refractivity contribution in [3.8, 4) is 0 Å². The van der Waals surface area contributed by atoms with Crippen LogP contribution in [-0.4, -0.2) is 29.9 Å². The zero-order valence-electron chi connectivity index (χ0n) is 8.58. The molecule has 0 aromatic rings. The van der Waals surface area contributed by atoms with E-state index in [9.17, 15) is 4.79 Å². The molecule has 0 radical (unpaired) electrons. The maximum absolute atomic E-state index is 11.2. The Labute approximate surface area is 79.4 Å². The normalized spacial score (nSPS) is 21.3. The fourth-order valence-corrected chi connectivity index (χ4v) is 1.52. The lowest BCUT2D eigenvalue weighted by molar-refractivity contribution is -0.126. The van der Waals surface area contributed by atoms with Gasteiger partial charge >= 0.3 is 0 Å². The summed E-state index contributed by atoms with van der Waals surface area (Å²) in [5, 5.41) is 0. The Balaban J connectivity index is 2.44. The van der Waals surface area contributed by atoms with Gasteiger partial charge in [-0.15, -0.1) is 0 Å². The number of amides is 1. The van der Waals surface area contributed by atoms with Gasteiger partial charge in [-0.25, -0.2) is 5.84 Å². The van der Waals surface area contributed by atoms with E-state index in [-0.39, 0.29) is 17.9 Å². The molecule has 0 saturated heterocycles. The zero-order chi connectivity index (χ0) is 10.0. The molecular formula is C9H19N3O. The summed E-state index contributed by atoms with van der Waals surface area (Å²) in [6, 6.07) is 0.944. The van der Waals surface area contributed by atoms with Crippen LogP contribution in [0.15, 0.2) is 0 Å². The summed E-state index contributed by atoms with van der Waals surface area (Å²) in [7, 11) is 2.07. The van der Waals surface area contributed by atoms with E-state index in [1.165, 1.54) is 12.8 Å². The van der Waals surface area contributed by atoms with Crippen LogP contribution in [0.4, 0.5) is 0 Å². The van der Waals surface area contributed by atoms with Crippen molar-refractivity contribution in [2.24, 2.45) is 11.8 Å². The van der Waals surface area contributed by atoms with Gasteiger partial charge in [-0.1, -0.05) is 6.92 Å². The van der Waals surface area contributed by atoms with Gasteiger partial charge in [0.15, 0.2) is 0 Å². The van der Waals surface area contributed by atoms with Gasteiger partial charge in [-0.2, -0.15) is 0 Å². The maximum Gasteiger partial charge on any atom is 0.238 e. The van der Waals surface area contributed by atoms with Crippen molar-refractivity contribution in [2.45, 2.75) is 38.8 Å². The summed E-state index contributed by atoms with van der Waals surface area (Å²) in [6.07, 6.45) is 2.52. The van der Waals surface area contributed by atoms with E-state index in [1.807, 2.05) is 6.92 Å². The van der Waals surface area contributed by atoms with Crippen molar-refractivity contribution in [1.29, 1.82) is 0 Å². The van der Waals surface area contributed by atoms with Crippen LogP contribution in [0.2, 0.25) is 0 Å². The summed E-state index contributed by atoms with van der Waals surface area (Å²) >= 11 is 0. The smallest absolute Gasteiger partial charge is 0.238 e. The van der Waals surface area contributed by atoms with Crippen molar-refractivity contribution in [1.82, 2.24) is 10.3 Å². The number of carbonyl (C=O) groups excluding carboxylic acids is 1. The molecule has 0 spiro atoms. The second kappa shape index (κ2) is 4.07. The molecule has 1 saturated carbocycles. The van der Waals surface area contributed by atoms with Gasteiger partial charge in [0.2, 0.25) is 5.91 Å². The van der Waals surface area contributed by atoms with Gasteiger partial charge in [-0.3, -0.25) is 15.1 Å². The quantitative estimate of drug-likeness (QED) is 0.371. The highest BCUT2D eigenvalue weighted by molar-refractivity contribution is 5.78. The van der Waals surface area contributed by atoms with Crippen molar-refractivity contribution in [3.63, 3.8) is 0 Å². The van der Waals surface area contributed by atoms with E-state index in [2.05, 4.69) is 24.3 Å². The first kappa shape index (κ1) is 10.5. The number of hydrogen-bond donors (Lipinski definition) is 2. The highest BCUT2D eigenvalue weighted by Gasteiger charge is 2.33. The van der Waals surface area contributed by atoms with Crippen LogP contribution >= 0.6 is 0 Å². The molecule has 4 heteroatoms. The van der Waals surface area contributed by atoms with Crippen molar-refractivity contribution < 1.29 is 4.79 Å². The number of nitrogens with one attached hydrogen (secondary N) is 1. The minimum absolute atomic E-state index is 0.0457. The molecule has 1 rings (SSSR count). The first-order valence-corrected chi connectivity index (χ1v) is 4.80. The molecule has 0 heterocycles. The number of nitrogens with zero attached hydrogens (tertiary/aromatic N) is 1. The van der Waals surface area contributed by atoms with Gasteiger partial charge in [0.25, 0.3) is 0 Å². The fraction of sp³-hybridized carbons (Fsp3) is 0.889. The Morgan fingerprint density at radius 3 is 2.46 bits per heavy atom. The number of carbonyl (C=O) groups is 1. The van der Waals surface area contributed by atoms with E-state index in [4.69, 9.17) is 5.84 Å². The summed E-state index contributed by atoms with van der Waals surface area (Å²) in [5.41, 5.74) is 2.19. The molecule has 1 amide bonds. The third kappa shape index (κ3) is 2.42. The highest BCUT2D eigenvalue weighted by atomic mass is 16.2. The molecule has 1 aliphatic carbocycles. The molecule has 0 aromatic heterocycles. The molecule has 4 nitrogen and oxygen atoms in total. The Hall–Kier alpha value is -0.610. The minimum atomic E-state index is -0.0833.